The number of nitrogens with zero attached hydrogens (tertiary/aromatic N) is 1. The molecule has 2 aromatic carbocycles. The first kappa shape index (κ1) is 20.7. The lowest BCUT2D eigenvalue weighted by Gasteiger charge is -2.13. The summed E-state index contributed by atoms with van der Waals surface area (Å²) in [4.78, 5) is 37.9. The number of nitrogens with one attached hydrogen (secondary N) is 1. The standard InChI is InChI=1S/C21H22N2O5S/c24-19(22-13-7-15-29(27,28)16-8-2-1-3-9-16)12-6-14-23-20(25)17-10-4-5-11-18(17)21(23)26/h1-5,8-11H,6-7,12-15H2,(H,22,24). The van der Waals surface area contributed by atoms with Crippen LogP contribution >= 0.6 is 0 Å². The summed E-state index contributed by atoms with van der Waals surface area (Å²) in [6.45, 7) is 0.417. The molecule has 0 saturated heterocycles. The molecule has 7 nitrogen and oxygen atoms in total. The molecule has 2 aromatic rings. The van der Waals surface area contributed by atoms with Crippen LogP contribution in [0.5, 0.6) is 0 Å². The Bertz CT molecular complexity index is 983. The molecule has 8 heteroatoms. The van der Waals surface area contributed by atoms with Gasteiger partial charge in [-0.1, -0.05) is 30.3 Å². The van der Waals surface area contributed by atoms with E-state index in [-0.39, 0.29) is 47.9 Å². The van der Waals surface area contributed by atoms with Crippen LogP contribution < -0.4 is 5.32 Å². The average Bonchev–Trinajstić information content (AvgIpc) is 2.97. The number of hydrogen-bond acceptors (Lipinski definition) is 5. The van der Waals surface area contributed by atoms with Crippen molar-refractivity contribution in [3.05, 3.63) is 65.7 Å². The van der Waals surface area contributed by atoms with Crippen LogP contribution in [-0.2, 0) is 14.6 Å². The predicted octanol–water partition coefficient (Wildman–Crippen LogP) is 2.04. The van der Waals surface area contributed by atoms with Crippen LogP contribution in [0.1, 0.15) is 40.0 Å². The van der Waals surface area contributed by atoms with E-state index in [1.54, 1.807) is 54.6 Å². The zero-order valence-electron chi connectivity index (χ0n) is 15.8. The molecular formula is C21H22N2O5S. The monoisotopic (exact) mass is 414 g/mol. The second kappa shape index (κ2) is 9.00. The van der Waals surface area contributed by atoms with E-state index in [1.165, 1.54) is 0 Å². The largest absolute Gasteiger partial charge is 0.356 e. The molecule has 3 rings (SSSR count). The molecule has 0 unspecified atom stereocenters. The van der Waals surface area contributed by atoms with E-state index in [0.29, 0.717) is 24.0 Å². The highest BCUT2D eigenvalue weighted by atomic mass is 32.2. The lowest BCUT2D eigenvalue weighted by Crippen LogP contribution is -2.32. The summed E-state index contributed by atoms with van der Waals surface area (Å²) in [5.41, 5.74) is 0.781. The van der Waals surface area contributed by atoms with Crippen LogP contribution in [0, 0.1) is 0 Å². The Morgan fingerprint density at radius 3 is 2.07 bits per heavy atom. The van der Waals surface area contributed by atoms with Crippen molar-refractivity contribution in [2.75, 3.05) is 18.8 Å². The van der Waals surface area contributed by atoms with Crippen molar-refractivity contribution in [2.24, 2.45) is 0 Å². The average molecular weight is 414 g/mol. The second-order valence-corrected chi connectivity index (χ2v) is 8.86. The topological polar surface area (TPSA) is 101 Å². The Hall–Kier alpha value is -3.00. The summed E-state index contributed by atoms with van der Waals surface area (Å²) < 4.78 is 24.3. The van der Waals surface area contributed by atoms with Crippen molar-refractivity contribution < 1.29 is 22.8 Å². The predicted molar refractivity (Wildman–Crippen MR) is 107 cm³/mol. The van der Waals surface area contributed by atoms with E-state index >= 15 is 0 Å². The third-order valence-electron chi connectivity index (χ3n) is 4.68. The van der Waals surface area contributed by atoms with Gasteiger partial charge in [-0.05, 0) is 37.1 Å². The van der Waals surface area contributed by atoms with Crippen LogP contribution in [0.15, 0.2) is 59.5 Å². The summed E-state index contributed by atoms with van der Waals surface area (Å²) in [7, 11) is -3.36. The van der Waals surface area contributed by atoms with Gasteiger partial charge in [0.05, 0.1) is 21.8 Å². The van der Waals surface area contributed by atoms with E-state index in [4.69, 9.17) is 0 Å². The number of fused-ring (bicyclic) bond motifs is 1. The molecule has 0 fully saturated rings. The fraction of sp³-hybridized carbons (Fsp3) is 0.286. The first-order valence-corrected chi connectivity index (χ1v) is 11.0. The third-order valence-corrected chi connectivity index (χ3v) is 6.49. The Morgan fingerprint density at radius 1 is 0.862 bits per heavy atom. The minimum Gasteiger partial charge on any atom is -0.356 e. The summed E-state index contributed by atoms with van der Waals surface area (Å²) in [5.74, 6) is -0.959. The first-order chi connectivity index (χ1) is 13.9. The van der Waals surface area contributed by atoms with Gasteiger partial charge in [0.25, 0.3) is 11.8 Å². The molecule has 1 aliphatic heterocycles. The van der Waals surface area contributed by atoms with E-state index in [1.807, 2.05) is 0 Å². The molecule has 0 aromatic heterocycles. The molecular weight excluding hydrogens is 392 g/mol. The fourth-order valence-electron chi connectivity index (χ4n) is 3.16. The van der Waals surface area contributed by atoms with E-state index in [0.717, 1.165) is 4.90 Å². The smallest absolute Gasteiger partial charge is 0.261 e. The van der Waals surface area contributed by atoms with Gasteiger partial charge >= 0.3 is 0 Å². The van der Waals surface area contributed by atoms with Crippen molar-refractivity contribution >= 4 is 27.6 Å². The van der Waals surface area contributed by atoms with Gasteiger partial charge < -0.3 is 5.32 Å². The number of sulfone groups is 1. The number of benzene rings is 2. The molecule has 0 radical (unpaired) electrons. The minimum atomic E-state index is -3.36. The molecule has 1 N–H and O–H groups in total. The lowest BCUT2D eigenvalue weighted by molar-refractivity contribution is -0.121. The van der Waals surface area contributed by atoms with Crippen molar-refractivity contribution in [2.45, 2.75) is 24.2 Å². The number of carbonyl (C=O) groups is 3. The molecule has 152 valence electrons. The van der Waals surface area contributed by atoms with Crippen molar-refractivity contribution in [3.8, 4) is 0 Å². The maximum atomic E-state index is 12.3. The van der Waals surface area contributed by atoms with Gasteiger partial charge in [-0.2, -0.15) is 0 Å². The maximum absolute atomic E-state index is 12.3. The highest BCUT2D eigenvalue weighted by Gasteiger charge is 2.34. The molecule has 1 heterocycles. The molecule has 1 aliphatic rings. The summed E-state index contributed by atoms with van der Waals surface area (Å²) in [5, 5.41) is 2.68. The zero-order chi connectivity index (χ0) is 20.9. The second-order valence-electron chi connectivity index (χ2n) is 6.75. The molecule has 29 heavy (non-hydrogen) atoms. The molecule has 0 bridgehead atoms. The molecule has 0 spiro atoms. The van der Waals surface area contributed by atoms with Gasteiger partial charge in [0.15, 0.2) is 9.84 Å². The molecule has 3 amide bonds. The molecule has 0 atom stereocenters. The van der Waals surface area contributed by atoms with Crippen LogP contribution in [0.4, 0.5) is 0 Å². The van der Waals surface area contributed by atoms with Gasteiger partial charge in [-0.15, -0.1) is 0 Å². The van der Waals surface area contributed by atoms with E-state index in [2.05, 4.69) is 5.32 Å². The summed E-state index contributed by atoms with van der Waals surface area (Å²) >= 11 is 0. The highest BCUT2D eigenvalue weighted by molar-refractivity contribution is 7.91. The number of imide groups is 1. The third kappa shape index (κ3) is 4.89. The summed E-state index contributed by atoms with van der Waals surface area (Å²) in [6.07, 6.45) is 0.805. The summed E-state index contributed by atoms with van der Waals surface area (Å²) in [6, 6.07) is 14.8. The number of amides is 3. The van der Waals surface area contributed by atoms with Crippen molar-refractivity contribution in [1.29, 1.82) is 0 Å². The van der Waals surface area contributed by atoms with Gasteiger partial charge in [0.1, 0.15) is 0 Å². The van der Waals surface area contributed by atoms with Crippen LogP contribution in [-0.4, -0.2) is 49.9 Å². The fourth-order valence-corrected chi connectivity index (χ4v) is 4.50. The Morgan fingerprint density at radius 2 is 1.45 bits per heavy atom. The Labute approximate surface area is 169 Å². The number of rotatable bonds is 9. The van der Waals surface area contributed by atoms with Gasteiger partial charge in [-0.3, -0.25) is 19.3 Å². The van der Waals surface area contributed by atoms with Gasteiger partial charge in [0, 0.05) is 19.5 Å². The minimum absolute atomic E-state index is 0.0493. The van der Waals surface area contributed by atoms with Gasteiger partial charge in [-0.25, -0.2) is 8.42 Å². The van der Waals surface area contributed by atoms with Crippen LogP contribution in [0.3, 0.4) is 0 Å². The van der Waals surface area contributed by atoms with E-state index < -0.39 is 9.84 Å². The SMILES string of the molecule is O=C(CCCN1C(=O)c2ccccc2C1=O)NCCCS(=O)(=O)c1ccccc1. The van der Waals surface area contributed by atoms with E-state index in [9.17, 15) is 22.8 Å². The number of carbonyl (C=O) groups excluding carboxylic acids is 3. The maximum Gasteiger partial charge on any atom is 0.261 e. The van der Waals surface area contributed by atoms with Crippen LogP contribution in [0.2, 0.25) is 0 Å². The van der Waals surface area contributed by atoms with Gasteiger partial charge in [0.2, 0.25) is 5.91 Å². The van der Waals surface area contributed by atoms with Crippen molar-refractivity contribution in [1.82, 2.24) is 10.2 Å². The molecule has 0 saturated carbocycles. The van der Waals surface area contributed by atoms with Crippen LogP contribution in [0.25, 0.3) is 0 Å². The lowest BCUT2D eigenvalue weighted by atomic mass is 10.1. The zero-order valence-corrected chi connectivity index (χ0v) is 16.7. The number of hydrogen-bond donors (Lipinski definition) is 1. The highest BCUT2D eigenvalue weighted by Crippen LogP contribution is 2.22. The normalized spacial score (nSPS) is 13.4. The molecule has 0 aliphatic carbocycles. The Kier molecular flexibility index (Phi) is 6.43. The quantitative estimate of drug-likeness (QED) is 0.500. The first-order valence-electron chi connectivity index (χ1n) is 9.40. The van der Waals surface area contributed by atoms with Crippen molar-refractivity contribution in [3.63, 3.8) is 0 Å². The Balaban J connectivity index is 1.37.